The zero-order valence-corrected chi connectivity index (χ0v) is 11.2. The third-order valence-electron chi connectivity index (χ3n) is 3.61. The summed E-state index contributed by atoms with van der Waals surface area (Å²) >= 11 is 0. The molecule has 1 aromatic heterocycles. The number of hydrogen-bond donors (Lipinski definition) is 1. The fourth-order valence-electron chi connectivity index (χ4n) is 2.12. The van der Waals surface area contributed by atoms with Gasteiger partial charge >= 0.3 is 0 Å². The van der Waals surface area contributed by atoms with Crippen molar-refractivity contribution < 1.29 is 4.79 Å². The molecule has 0 radical (unpaired) electrons. The van der Waals surface area contributed by atoms with Crippen LogP contribution in [0.15, 0.2) is 12.4 Å². The summed E-state index contributed by atoms with van der Waals surface area (Å²) < 4.78 is 0. The van der Waals surface area contributed by atoms with Gasteiger partial charge in [0.25, 0.3) is 5.91 Å². The van der Waals surface area contributed by atoms with Crippen molar-refractivity contribution in [1.82, 2.24) is 20.2 Å². The highest BCUT2D eigenvalue weighted by molar-refractivity contribution is 5.92. The van der Waals surface area contributed by atoms with Crippen molar-refractivity contribution in [3.63, 3.8) is 0 Å². The molecule has 0 spiro atoms. The summed E-state index contributed by atoms with van der Waals surface area (Å²) in [4.78, 5) is 24.9. The smallest absolute Gasteiger partial charge is 0.271 e. The highest BCUT2D eigenvalue weighted by Gasteiger charge is 2.24. The zero-order valence-electron chi connectivity index (χ0n) is 11.2. The lowest BCUT2D eigenvalue weighted by Crippen LogP contribution is -2.44. The molecule has 1 saturated heterocycles. The molecule has 0 aromatic carbocycles. The summed E-state index contributed by atoms with van der Waals surface area (Å²) in [5, 5.41) is 2.91. The summed E-state index contributed by atoms with van der Waals surface area (Å²) in [6.07, 6.45) is 5.44. The molecule has 6 nitrogen and oxygen atoms in total. The van der Waals surface area contributed by atoms with Crippen molar-refractivity contribution in [1.29, 1.82) is 0 Å². The second-order valence-corrected chi connectivity index (χ2v) is 5.30. The Bertz CT molecular complexity index is 449. The first-order valence-electron chi connectivity index (χ1n) is 6.79. The van der Waals surface area contributed by atoms with Crippen molar-refractivity contribution in [2.24, 2.45) is 0 Å². The molecule has 0 unspecified atom stereocenters. The first-order valence-corrected chi connectivity index (χ1v) is 6.79. The zero-order chi connectivity index (χ0) is 13.2. The van der Waals surface area contributed by atoms with E-state index in [0.29, 0.717) is 11.7 Å². The van der Waals surface area contributed by atoms with Crippen LogP contribution in [0.25, 0.3) is 0 Å². The van der Waals surface area contributed by atoms with E-state index in [-0.39, 0.29) is 5.91 Å². The number of nitrogens with zero attached hydrogens (tertiary/aromatic N) is 4. The molecule has 6 heteroatoms. The predicted molar refractivity (Wildman–Crippen MR) is 72.2 cm³/mol. The quantitative estimate of drug-likeness (QED) is 0.837. The molecule has 1 N–H and O–H groups in total. The standard InChI is InChI=1S/C13H19N5O/c1-17-4-6-18(7-5-17)12-9-14-11(8-15-12)13(19)16-10-2-3-10/h8-10H,2-7H2,1H3,(H,16,19). The topological polar surface area (TPSA) is 61.4 Å². The van der Waals surface area contributed by atoms with Crippen molar-refractivity contribution in [3.8, 4) is 0 Å². The minimum atomic E-state index is -0.111. The van der Waals surface area contributed by atoms with Gasteiger partial charge in [0.1, 0.15) is 11.5 Å². The molecular formula is C13H19N5O. The number of anilines is 1. The van der Waals surface area contributed by atoms with Gasteiger partial charge in [-0.05, 0) is 19.9 Å². The van der Waals surface area contributed by atoms with Crippen LogP contribution in [0.5, 0.6) is 0 Å². The maximum Gasteiger partial charge on any atom is 0.271 e. The van der Waals surface area contributed by atoms with E-state index in [1.807, 2.05) is 0 Å². The van der Waals surface area contributed by atoms with Crippen molar-refractivity contribution in [2.75, 3.05) is 38.1 Å². The fraction of sp³-hybridized carbons (Fsp3) is 0.615. The van der Waals surface area contributed by atoms with E-state index in [2.05, 4.69) is 32.1 Å². The Morgan fingerprint density at radius 1 is 1.21 bits per heavy atom. The first-order chi connectivity index (χ1) is 9.22. The Kier molecular flexibility index (Phi) is 3.33. The number of piperazine rings is 1. The number of likely N-dealkylation sites (N-methyl/N-ethyl adjacent to an activating group) is 1. The molecule has 1 aliphatic carbocycles. The minimum absolute atomic E-state index is 0.111. The summed E-state index contributed by atoms with van der Waals surface area (Å²) in [6.45, 7) is 3.98. The van der Waals surface area contributed by atoms with Gasteiger partial charge in [0.05, 0.1) is 12.4 Å². The summed E-state index contributed by atoms with van der Waals surface area (Å²) in [6, 6.07) is 0.353. The van der Waals surface area contributed by atoms with E-state index in [0.717, 1.165) is 44.8 Å². The van der Waals surface area contributed by atoms with E-state index >= 15 is 0 Å². The minimum Gasteiger partial charge on any atom is -0.353 e. The molecule has 1 aliphatic heterocycles. The average Bonchev–Trinajstić information content (AvgIpc) is 3.24. The van der Waals surface area contributed by atoms with Crippen molar-refractivity contribution in [3.05, 3.63) is 18.1 Å². The van der Waals surface area contributed by atoms with Gasteiger partial charge in [-0.1, -0.05) is 0 Å². The summed E-state index contributed by atoms with van der Waals surface area (Å²) in [7, 11) is 2.12. The number of carbonyl (C=O) groups is 1. The van der Waals surface area contributed by atoms with Gasteiger partial charge in [0, 0.05) is 32.2 Å². The van der Waals surface area contributed by atoms with Gasteiger partial charge in [-0.25, -0.2) is 9.97 Å². The van der Waals surface area contributed by atoms with Crippen LogP contribution >= 0.6 is 0 Å². The number of hydrogen-bond acceptors (Lipinski definition) is 5. The third kappa shape index (κ3) is 3.01. The van der Waals surface area contributed by atoms with E-state index in [1.54, 1.807) is 12.4 Å². The third-order valence-corrected chi connectivity index (χ3v) is 3.61. The van der Waals surface area contributed by atoms with Crippen LogP contribution in [0.1, 0.15) is 23.3 Å². The number of carbonyl (C=O) groups excluding carboxylic acids is 1. The van der Waals surface area contributed by atoms with Crippen LogP contribution in [0, 0.1) is 0 Å². The highest BCUT2D eigenvalue weighted by Crippen LogP contribution is 2.19. The molecule has 19 heavy (non-hydrogen) atoms. The van der Waals surface area contributed by atoms with Crippen LogP contribution < -0.4 is 10.2 Å². The van der Waals surface area contributed by atoms with E-state index in [4.69, 9.17) is 0 Å². The Hall–Kier alpha value is -1.69. The maximum absolute atomic E-state index is 11.8. The van der Waals surface area contributed by atoms with Gasteiger partial charge < -0.3 is 15.1 Å². The molecule has 2 fully saturated rings. The summed E-state index contributed by atoms with van der Waals surface area (Å²) in [5.41, 5.74) is 0.407. The van der Waals surface area contributed by atoms with E-state index in [1.165, 1.54) is 0 Å². The molecule has 102 valence electrons. The molecule has 1 saturated carbocycles. The molecule has 0 atom stereocenters. The summed E-state index contributed by atoms with van der Waals surface area (Å²) in [5.74, 6) is 0.746. The Balaban J connectivity index is 1.63. The number of amides is 1. The van der Waals surface area contributed by atoms with Gasteiger partial charge in [0.15, 0.2) is 0 Å². The van der Waals surface area contributed by atoms with Crippen LogP contribution in [-0.4, -0.2) is 60.0 Å². The lowest BCUT2D eigenvalue weighted by atomic mass is 10.3. The van der Waals surface area contributed by atoms with Gasteiger partial charge in [-0.2, -0.15) is 0 Å². The van der Waals surface area contributed by atoms with Crippen molar-refractivity contribution >= 4 is 11.7 Å². The normalized spacial score (nSPS) is 20.4. The van der Waals surface area contributed by atoms with Crippen LogP contribution in [0.4, 0.5) is 5.82 Å². The highest BCUT2D eigenvalue weighted by atomic mass is 16.2. The van der Waals surface area contributed by atoms with Crippen LogP contribution in [0.2, 0.25) is 0 Å². The molecular weight excluding hydrogens is 242 g/mol. The fourth-order valence-corrected chi connectivity index (χ4v) is 2.12. The first kappa shape index (κ1) is 12.3. The second-order valence-electron chi connectivity index (χ2n) is 5.30. The van der Waals surface area contributed by atoms with E-state index < -0.39 is 0 Å². The maximum atomic E-state index is 11.8. The van der Waals surface area contributed by atoms with E-state index in [9.17, 15) is 4.79 Å². The van der Waals surface area contributed by atoms with Gasteiger partial charge in [0.2, 0.25) is 0 Å². The Labute approximate surface area is 112 Å². The number of nitrogens with one attached hydrogen (secondary N) is 1. The lowest BCUT2D eigenvalue weighted by Gasteiger charge is -2.32. The Morgan fingerprint density at radius 3 is 2.53 bits per heavy atom. The molecule has 2 aliphatic rings. The molecule has 2 heterocycles. The SMILES string of the molecule is CN1CCN(c2cnc(C(=O)NC3CC3)cn2)CC1. The lowest BCUT2D eigenvalue weighted by molar-refractivity contribution is 0.0945. The predicted octanol–water partition coefficient (Wildman–Crippen LogP) is 0.121. The molecule has 1 aromatic rings. The van der Waals surface area contributed by atoms with Crippen LogP contribution in [-0.2, 0) is 0 Å². The number of rotatable bonds is 3. The second kappa shape index (κ2) is 5.13. The van der Waals surface area contributed by atoms with Crippen LogP contribution in [0.3, 0.4) is 0 Å². The molecule has 0 bridgehead atoms. The monoisotopic (exact) mass is 261 g/mol. The molecule has 1 amide bonds. The van der Waals surface area contributed by atoms with Gasteiger partial charge in [-0.15, -0.1) is 0 Å². The molecule has 3 rings (SSSR count). The Morgan fingerprint density at radius 2 is 1.95 bits per heavy atom. The number of aromatic nitrogens is 2. The van der Waals surface area contributed by atoms with Gasteiger partial charge in [-0.3, -0.25) is 4.79 Å². The largest absolute Gasteiger partial charge is 0.353 e. The average molecular weight is 261 g/mol. The van der Waals surface area contributed by atoms with Crippen molar-refractivity contribution in [2.45, 2.75) is 18.9 Å².